The van der Waals surface area contributed by atoms with Crippen LogP contribution >= 0.6 is 7.82 Å². The number of hydrogen-bond donors (Lipinski definition) is 2. The number of carbonyl (C=O) groups excluding carboxylic acids is 1. The van der Waals surface area contributed by atoms with Gasteiger partial charge in [-0.3, -0.25) is 9.36 Å². The molecule has 0 aliphatic carbocycles. The average molecular weight is 751 g/mol. The van der Waals surface area contributed by atoms with Gasteiger partial charge in [-0.1, -0.05) is 126 Å². The van der Waals surface area contributed by atoms with Crippen LogP contribution in [0.15, 0.2) is 60.8 Å². The Morgan fingerprint density at radius 1 is 0.788 bits per heavy atom. The van der Waals surface area contributed by atoms with Crippen LogP contribution < -0.4 is 10.2 Å². The van der Waals surface area contributed by atoms with Crippen LogP contribution in [-0.4, -0.2) is 80.8 Å². The summed E-state index contributed by atoms with van der Waals surface area (Å²) in [6.07, 6.45) is 40.2. The number of phosphoric ester groups is 1. The lowest BCUT2D eigenvalue weighted by Gasteiger charge is -2.29. The summed E-state index contributed by atoms with van der Waals surface area (Å²) in [6, 6.07) is -0.935. The van der Waals surface area contributed by atoms with Gasteiger partial charge in [0.25, 0.3) is 7.82 Å². The Balaban J connectivity index is 2.42. The molecule has 9 nitrogen and oxygen atoms in total. The topological polar surface area (TPSA) is 120 Å². The number of allylic oxidation sites excluding steroid dienone is 8. The molecule has 0 aromatic carbocycles. The van der Waals surface area contributed by atoms with Crippen molar-refractivity contribution in [3.8, 4) is 0 Å². The van der Waals surface area contributed by atoms with Crippen LogP contribution in [0.3, 0.4) is 0 Å². The first-order valence-corrected chi connectivity index (χ1v) is 21.7. The zero-order valence-electron chi connectivity index (χ0n) is 33.4. The summed E-state index contributed by atoms with van der Waals surface area (Å²) >= 11 is 0. The highest BCUT2D eigenvalue weighted by atomic mass is 31.2. The number of nitrogens with zero attached hydrogens (tertiary/aromatic N) is 1. The molecule has 10 heteroatoms. The van der Waals surface area contributed by atoms with E-state index in [0.717, 1.165) is 44.9 Å². The molecule has 1 aliphatic heterocycles. The van der Waals surface area contributed by atoms with Gasteiger partial charge in [0.1, 0.15) is 13.2 Å². The third-order valence-electron chi connectivity index (χ3n) is 8.87. The highest BCUT2D eigenvalue weighted by Crippen LogP contribution is 2.38. The number of amides is 1. The monoisotopic (exact) mass is 751 g/mol. The number of phosphoric acid groups is 1. The van der Waals surface area contributed by atoms with Gasteiger partial charge >= 0.3 is 0 Å². The van der Waals surface area contributed by atoms with Gasteiger partial charge < -0.3 is 33.6 Å². The fourth-order valence-corrected chi connectivity index (χ4v) is 6.21. The standard InChI is InChI=1S/C42H75N2O7P/c1-6-8-10-11-12-13-14-15-18-21-24-28-31-39(45)38(37-50-52(47,48)49-36-35-44(3,4)5)43-42(46)34-30-26-23-20-17-16-19-22-25-29-33-41-40(51-41)32-27-9-7-2/h15-16,18-20,23,25,28-29,31,38-41,45H,6-14,17,21-22,24,26-27,30,32-37H2,1-5H3,(H-,43,46,47,48)/b18-15-,19-16-,23-20-,29-25-,31-28+/t38-,39+,40?,41?/m0/s1. The number of hydrogen-bond acceptors (Lipinski definition) is 7. The lowest BCUT2D eigenvalue weighted by Crippen LogP contribution is -2.45. The summed E-state index contributed by atoms with van der Waals surface area (Å²) in [6.45, 7) is 4.49. The smallest absolute Gasteiger partial charge is 0.268 e. The molecule has 1 fully saturated rings. The second-order valence-corrected chi connectivity index (χ2v) is 16.4. The number of quaternary nitrogens is 1. The highest BCUT2D eigenvalue weighted by molar-refractivity contribution is 7.45. The molecule has 1 aliphatic rings. The van der Waals surface area contributed by atoms with Crippen LogP contribution in [0.2, 0.25) is 0 Å². The minimum atomic E-state index is -4.61. The Labute approximate surface area is 317 Å². The number of ether oxygens (including phenoxy) is 1. The Morgan fingerprint density at radius 3 is 2.12 bits per heavy atom. The zero-order chi connectivity index (χ0) is 38.3. The van der Waals surface area contributed by atoms with Crippen molar-refractivity contribution in [1.82, 2.24) is 5.32 Å². The van der Waals surface area contributed by atoms with E-state index in [1.165, 1.54) is 64.2 Å². The highest BCUT2D eigenvalue weighted by Gasteiger charge is 2.36. The third-order valence-corrected chi connectivity index (χ3v) is 9.84. The molecule has 0 radical (unpaired) electrons. The number of rotatable bonds is 34. The van der Waals surface area contributed by atoms with Crippen LogP contribution in [-0.2, 0) is 23.1 Å². The van der Waals surface area contributed by atoms with Gasteiger partial charge in [-0.25, -0.2) is 0 Å². The van der Waals surface area contributed by atoms with Crippen LogP contribution in [0, 0.1) is 0 Å². The van der Waals surface area contributed by atoms with Crippen molar-refractivity contribution < 1.29 is 37.6 Å². The molecular weight excluding hydrogens is 675 g/mol. The van der Waals surface area contributed by atoms with Gasteiger partial charge in [0.05, 0.1) is 52.1 Å². The molecule has 0 bridgehead atoms. The van der Waals surface area contributed by atoms with E-state index in [1.54, 1.807) is 6.08 Å². The van der Waals surface area contributed by atoms with Gasteiger partial charge in [0.15, 0.2) is 0 Å². The number of unbranched alkanes of at least 4 members (excludes halogenated alkanes) is 10. The predicted molar refractivity (Wildman–Crippen MR) is 214 cm³/mol. The van der Waals surface area contributed by atoms with Crippen molar-refractivity contribution in [2.45, 2.75) is 160 Å². The minimum absolute atomic E-state index is 0.0215. The van der Waals surface area contributed by atoms with Gasteiger partial charge in [-0.2, -0.15) is 0 Å². The predicted octanol–water partition coefficient (Wildman–Crippen LogP) is 9.04. The van der Waals surface area contributed by atoms with Crippen molar-refractivity contribution in [2.75, 3.05) is 40.9 Å². The first-order valence-electron chi connectivity index (χ1n) is 20.3. The third kappa shape index (κ3) is 29.6. The van der Waals surface area contributed by atoms with E-state index in [1.807, 2.05) is 27.2 Å². The van der Waals surface area contributed by atoms with Gasteiger partial charge in [-0.05, 0) is 64.2 Å². The molecule has 5 atom stereocenters. The second-order valence-electron chi connectivity index (χ2n) is 15.0. The second kappa shape index (κ2) is 30.5. The largest absolute Gasteiger partial charge is 0.756 e. The van der Waals surface area contributed by atoms with E-state index in [-0.39, 0.29) is 18.9 Å². The number of carbonyl (C=O) groups is 1. The van der Waals surface area contributed by atoms with Crippen molar-refractivity contribution in [1.29, 1.82) is 0 Å². The summed E-state index contributed by atoms with van der Waals surface area (Å²) in [5.41, 5.74) is 0. The summed E-state index contributed by atoms with van der Waals surface area (Å²) < 4.78 is 28.8. The molecule has 52 heavy (non-hydrogen) atoms. The fourth-order valence-electron chi connectivity index (χ4n) is 5.49. The fraction of sp³-hybridized carbons (Fsp3) is 0.738. The summed E-state index contributed by atoms with van der Waals surface area (Å²) in [4.78, 5) is 25.2. The number of aliphatic hydroxyl groups excluding tert-OH is 1. The summed E-state index contributed by atoms with van der Waals surface area (Å²) in [5.74, 6) is -0.269. The van der Waals surface area contributed by atoms with Gasteiger partial charge in [-0.15, -0.1) is 0 Å². The van der Waals surface area contributed by atoms with E-state index < -0.39 is 26.6 Å². The lowest BCUT2D eigenvalue weighted by atomic mass is 10.1. The summed E-state index contributed by atoms with van der Waals surface area (Å²) in [5, 5.41) is 13.6. The molecule has 1 saturated heterocycles. The maximum atomic E-state index is 12.8. The molecule has 2 N–H and O–H groups in total. The van der Waals surface area contributed by atoms with Crippen LogP contribution in [0.25, 0.3) is 0 Å². The van der Waals surface area contributed by atoms with E-state index in [2.05, 4.69) is 67.8 Å². The van der Waals surface area contributed by atoms with Crippen molar-refractivity contribution in [3.05, 3.63) is 60.8 Å². The van der Waals surface area contributed by atoms with E-state index in [9.17, 15) is 19.4 Å². The molecule has 0 spiro atoms. The maximum absolute atomic E-state index is 12.8. The van der Waals surface area contributed by atoms with Gasteiger partial charge in [0.2, 0.25) is 5.91 Å². The molecule has 0 saturated carbocycles. The molecule has 1 rings (SSSR count). The van der Waals surface area contributed by atoms with E-state index >= 15 is 0 Å². The molecular formula is C42H75N2O7P. The lowest BCUT2D eigenvalue weighted by molar-refractivity contribution is -0.870. The Hall–Kier alpha value is -1.84. The summed E-state index contributed by atoms with van der Waals surface area (Å²) in [7, 11) is 1.19. The van der Waals surface area contributed by atoms with Gasteiger partial charge in [0, 0.05) is 6.42 Å². The van der Waals surface area contributed by atoms with Crippen molar-refractivity contribution >= 4 is 13.7 Å². The molecule has 300 valence electrons. The normalized spacial score (nSPS) is 19.1. The number of aliphatic hydroxyl groups is 1. The first-order chi connectivity index (χ1) is 25.0. The quantitative estimate of drug-likeness (QED) is 0.0221. The zero-order valence-corrected chi connectivity index (χ0v) is 34.3. The number of epoxide rings is 1. The van der Waals surface area contributed by atoms with E-state index in [0.29, 0.717) is 29.7 Å². The average Bonchev–Trinajstić information content (AvgIpc) is 3.84. The van der Waals surface area contributed by atoms with Crippen LogP contribution in [0.4, 0.5) is 0 Å². The van der Waals surface area contributed by atoms with Crippen LogP contribution in [0.5, 0.6) is 0 Å². The molecule has 1 heterocycles. The first kappa shape index (κ1) is 48.2. The molecule has 3 unspecified atom stereocenters. The van der Waals surface area contributed by atoms with Crippen molar-refractivity contribution in [2.24, 2.45) is 0 Å². The van der Waals surface area contributed by atoms with Crippen molar-refractivity contribution in [3.63, 3.8) is 0 Å². The minimum Gasteiger partial charge on any atom is -0.756 e. The molecule has 0 aromatic rings. The number of likely N-dealkylation sites (N-methyl/N-ethyl adjacent to an activating group) is 1. The Morgan fingerprint density at radius 2 is 1.38 bits per heavy atom. The Bertz CT molecular complexity index is 1100. The van der Waals surface area contributed by atoms with Crippen LogP contribution in [0.1, 0.15) is 136 Å². The maximum Gasteiger partial charge on any atom is 0.268 e. The SMILES string of the molecule is CCCCCCCC/C=C\CC/C=C/[C@@H](O)[C@H](COP(=O)([O-])OCC[N+](C)(C)C)NC(=O)CCC/C=C\C/C=C\C/C=C\CC1OC1CCCCC. The molecule has 0 aromatic heterocycles. The Kier molecular flexibility index (Phi) is 28.2. The number of nitrogens with one attached hydrogen (secondary N) is 1. The molecule has 1 amide bonds. The van der Waals surface area contributed by atoms with E-state index in [4.69, 9.17) is 13.8 Å².